The van der Waals surface area contributed by atoms with Crippen LogP contribution in [-0.2, 0) is 22.6 Å². The molecule has 0 radical (unpaired) electrons. The fourth-order valence-corrected chi connectivity index (χ4v) is 2.00. The average Bonchev–Trinajstić information content (AvgIpc) is 2.97. The van der Waals surface area contributed by atoms with Gasteiger partial charge in [0.1, 0.15) is 18.3 Å². The molecule has 1 aliphatic carbocycles. The molecule has 0 aliphatic heterocycles. The van der Waals surface area contributed by atoms with Crippen molar-refractivity contribution in [2.45, 2.75) is 44.9 Å². The number of rotatable bonds is 5. The van der Waals surface area contributed by atoms with Crippen molar-refractivity contribution >= 4 is 12.1 Å². The highest BCUT2D eigenvalue weighted by Crippen LogP contribution is 2.20. The topological polar surface area (TPSA) is 106 Å². The SMILES string of the molecule is O=C(O)Cn1cc(CNC(=O)OC2CCCC2)nn1. The van der Waals surface area contributed by atoms with Gasteiger partial charge < -0.3 is 15.2 Å². The highest BCUT2D eigenvalue weighted by Gasteiger charge is 2.19. The molecule has 0 unspecified atom stereocenters. The monoisotopic (exact) mass is 268 g/mol. The predicted molar refractivity (Wildman–Crippen MR) is 63.2 cm³/mol. The van der Waals surface area contributed by atoms with E-state index in [1.807, 2.05) is 0 Å². The van der Waals surface area contributed by atoms with Crippen molar-refractivity contribution in [1.82, 2.24) is 20.3 Å². The Hall–Kier alpha value is -2.12. The van der Waals surface area contributed by atoms with Crippen molar-refractivity contribution in [3.63, 3.8) is 0 Å². The van der Waals surface area contributed by atoms with Crippen LogP contribution in [0.25, 0.3) is 0 Å². The second-order valence-corrected chi connectivity index (χ2v) is 4.47. The van der Waals surface area contributed by atoms with Gasteiger partial charge in [0.15, 0.2) is 0 Å². The summed E-state index contributed by atoms with van der Waals surface area (Å²) in [6, 6.07) is 0. The van der Waals surface area contributed by atoms with E-state index in [-0.39, 0.29) is 19.2 Å². The van der Waals surface area contributed by atoms with E-state index in [2.05, 4.69) is 15.6 Å². The minimum Gasteiger partial charge on any atom is -0.480 e. The largest absolute Gasteiger partial charge is 0.480 e. The standard InChI is InChI=1S/C11H16N4O4/c16-10(17)7-15-6-8(13-14-15)5-12-11(18)19-9-3-1-2-4-9/h6,9H,1-5,7H2,(H,12,18)(H,16,17). The van der Waals surface area contributed by atoms with Gasteiger partial charge in [-0.3, -0.25) is 4.79 Å². The summed E-state index contributed by atoms with van der Waals surface area (Å²) in [5.41, 5.74) is 0.490. The number of carboxylic acid groups (broad SMARTS) is 1. The van der Waals surface area contributed by atoms with Crippen LogP contribution in [0.5, 0.6) is 0 Å². The van der Waals surface area contributed by atoms with Crippen molar-refractivity contribution in [2.75, 3.05) is 0 Å². The van der Waals surface area contributed by atoms with E-state index in [1.54, 1.807) is 0 Å². The van der Waals surface area contributed by atoms with E-state index >= 15 is 0 Å². The van der Waals surface area contributed by atoms with Gasteiger partial charge in [-0.25, -0.2) is 9.48 Å². The number of carbonyl (C=O) groups is 2. The molecule has 104 valence electrons. The maximum Gasteiger partial charge on any atom is 0.407 e. The molecule has 2 N–H and O–H groups in total. The number of ether oxygens (including phenoxy) is 1. The number of alkyl carbamates (subject to hydrolysis) is 1. The lowest BCUT2D eigenvalue weighted by Gasteiger charge is -2.11. The van der Waals surface area contributed by atoms with E-state index in [4.69, 9.17) is 9.84 Å². The summed E-state index contributed by atoms with van der Waals surface area (Å²) < 4.78 is 6.40. The third-order valence-corrected chi connectivity index (χ3v) is 2.87. The highest BCUT2D eigenvalue weighted by molar-refractivity contribution is 5.67. The summed E-state index contributed by atoms with van der Waals surface area (Å²) in [5, 5.41) is 18.5. The third kappa shape index (κ3) is 4.23. The first-order valence-corrected chi connectivity index (χ1v) is 6.19. The molecule has 1 aromatic rings. The first-order chi connectivity index (χ1) is 9.13. The summed E-state index contributed by atoms with van der Waals surface area (Å²) in [6.45, 7) is -0.0787. The van der Waals surface area contributed by atoms with Crippen LogP contribution in [0.2, 0.25) is 0 Å². The van der Waals surface area contributed by atoms with Gasteiger partial charge in [-0.15, -0.1) is 5.10 Å². The Morgan fingerprint density at radius 1 is 1.47 bits per heavy atom. The van der Waals surface area contributed by atoms with Crippen molar-refractivity contribution in [1.29, 1.82) is 0 Å². The average molecular weight is 268 g/mol. The Morgan fingerprint density at radius 3 is 2.89 bits per heavy atom. The number of carboxylic acids is 1. The number of hydrogen-bond donors (Lipinski definition) is 2. The van der Waals surface area contributed by atoms with Crippen LogP contribution >= 0.6 is 0 Å². The minimum absolute atomic E-state index is 0.0164. The highest BCUT2D eigenvalue weighted by atomic mass is 16.6. The van der Waals surface area contributed by atoms with Gasteiger partial charge in [0.2, 0.25) is 0 Å². The first-order valence-electron chi connectivity index (χ1n) is 6.19. The van der Waals surface area contributed by atoms with Gasteiger partial charge in [-0.2, -0.15) is 0 Å². The molecule has 0 bridgehead atoms. The second kappa shape index (κ2) is 6.17. The molecule has 1 saturated carbocycles. The summed E-state index contributed by atoms with van der Waals surface area (Å²) in [6.07, 6.45) is 5.06. The molecule has 1 fully saturated rings. The van der Waals surface area contributed by atoms with E-state index in [0.29, 0.717) is 5.69 Å². The summed E-state index contributed by atoms with van der Waals surface area (Å²) in [7, 11) is 0. The lowest BCUT2D eigenvalue weighted by Crippen LogP contribution is -2.27. The zero-order valence-corrected chi connectivity index (χ0v) is 10.4. The van der Waals surface area contributed by atoms with E-state index in [0.717, 1.165) is 25.7 Å². The Labute approximate surface area is 109 Å². The lowest BCUT2D eigenvalue weighted by molar-refractivity contribution is -0.137. The van der Waals surface area contributed by atoms with Crippen molar-refractivity contribution in [3.8, 4) is 0 Å². The Morgan fingerprint density at radius 2 is 2.21 bits per heavy atom. The predicted octanol–water partition coefficient (Wildman–Crippen LogP) is 0.531. The Bertz CT molecular complexity index is 453. The van der Waals surface area contributed by atoms with Crippen molar-refractivity contribution in [3.05, 3.63) is 11.9 Å². The van der Waals surface area contributed by atoms with Crippen LogP contribution in [-0.4, -0.2) is 38.3 Å². The smallest absolute Gasteiger partial charge is 0.407 e. The molecule has 1 aliphatic rings. The molecule has 1 heterocycles. The molecular formula is C11H16N4O4. The Balaban J connectivity index is 1.73. The maximum absolute atomic E-state index is 11.5. The first kappa shape index (κ1) is 13.3. The molecule has 1 amide bonds. The lowest BCUT2D eigenvalue weighted by atomic mass is 10.3. The van der Waals surface area contributed by atoms with Crippen LogP contribution in [0.15, 0.2) is 6.20 Å². The second-order valence-electron chi connectivity index (χ2n) is 4.47. The molecule has 0 spiro atoms. The van der Waals surface area contributed by atoms with Crippen molar-refractivity contribution < 1.29 is 19.4 Å². The molecule has 19 heavy (non-hydrogen) atoms. The summed E-state index contributed by atoms with van der Waals surface area (Å²) in [4.78, 5) is 21.9. The van der Waals surface area contributed by atoms with Crippen LogP contribution < -0.4 is 5.32 Å². The van der Waals surface area contributed by atoms with Crippen molar-refractivity contribution in [2.24, 2.45) is 0 Å². The molecule has 8 nitrogen and oxygen atoms in total. The zero-order chi connectivity index (χ0) is 13.7. The molecule has 1 aromatic heterocycles. The normalized spacial score (nSPS) is 15.4. The Kier molecular flexibility index (Phi) is 4.32. The number of nitrogens with zero attached hydrogens (tertiary/aromatic N) is 3. The van der Waals surface area contributed by atoms with Gasteiger partial charge in [0.25, 0.3) is 0 Å². The van der Waals surface area contributed by atoms with Gasteiger partial charge in [-0.05, 0) is 25.7 Å². The fourth-order valence-electron chi connectivity index (χ4n) is 2.00. The van der Waals surface area contributed by atoms with Gasteiger partial charge in [-0.1, -0.05) is 5.21 Å². The van der Waals surface area contributed by atoms with Crippen LogP contribution in [0.1, 0.15) is 31.4 Å². The molecule has 0 aromatic carbocycles. The van der Waals surface area contributed by atoms with Crippen LogP contribution in [0.3, 0.4) is 0 Å². The molecule has 0 saturated heterocycles. The third-order valence-electron chi connectivity index (χ3n) is 2.87. The summed E-state index contributed by atoms with van der Waals surface area (Å²) >= 11 is 0. The molecule has 8 heteroatoms. The van der Waals surface area contributed by atoms with Crippen LogP contribution in [0.4, 0.5) is 4.79 Å². The minimum atomic E-state index is -0.995. The zero-order valence-electron chi connectivity index (χ0n) is 10.4. The van der Waals surface area contributed by atoms with Gasteiger partial charge in [0.05, 0.1) is 12.7 Å². The van der Waals surface area contributed by atoms with E-state index in [9.17, 15) is 9.59 Å². The number of aromatic nitrogens is 3. The fraction of sp³-hybridized carbons (Fsp3) is 0.636. The number of hydrogen-bond acceptors (Lipinski definition) is 5. The van der Waals surface area contributed by atoms with E-state index in [1.165, 1.54) is 10.9 Å². The van der Waals surface area contributed by atoms with Gasteiger partial charge in [0, 0.05) is 0 Å². The molecular weight excluding hydrogens is 252 g/mol. The quantitative estimate of drug-likeness (QED) is 0.806. The number of nitrogens with one attached hydrogen (secondary N) is 1. The van der Waals surface area contributed by atoms with E-state index < -0.39 is 12.1 Å². The number of carbonyl (C=O) groups excluding carboxylic acids is 1. The van der Waals surface area contributed by atoms with Crippen LogP contribution in [0, 0.1) is 0 Å². The summed E-state index contributed by atoms with van der Waals surface area (Å²) in [5.74, 6) is -0.995. The van der Waals surface area contributed by atoms with Gasteiger partial charge >= 0.3 is 12.1 Å². The number of aliphatic carboxylic acids is 1. The maximum atomic E-state index is 11.5. The molecule has 0 atom stereocenters. The number of amides is 1. The molecule has 2 rings (SSSR count).